The fraction of sp³-hybridized carbons (Fsp3) is 0.903. The Hall–Kier alpha value is 0.0187. The van der Waals surface area contributed by atoms with E-state index in [9.17, 15) is 4.79 Å². The number of carbonyl (C=O) groups excluding carboxylic acids is 1. The molecule has 1 rings (SSSR count). The van der Waals surface area contributed by atoms with Gasteiger partial charge in [0.1, 0.15) is 0 Å². The van der Waals surface area contributed by atoms with Crippen LogP contribution in [-0.4, -0.2) is 61.4 Å². The second-order valence-electron chi connectivity index (χ2n) is 12.0. The topological polar surface area (TPSA) is 54.0 Å². The SMILES string of the molecule is CCC[CH2][Sn]([CH2]/C=C\O[C@H]1CCCO[C@@H]1CC(OC(=O)CCl)OC(C(C)C)C(C)C)([CH2]CCC)[CH2]CCC. The summed E-state index contributed by atoms with van der Waals surface area (Å²) in [6, 6.07) is 0. The molecule has 1 heterocycles. The van der Waals surface area contributed by atoms with E-state index in [0.717, 1.165) is 12.8 Å². The molecule has 0 bridgehead atoms. The van der Waals surface area contributed by atoms with E-state index in [1.54, 1.807) is 0 Å². The van der Waals surface area contributed by atoms with Gasteiger partial charge in [0.05, 0.1) is 0 Å². The van der Waals surface area contributed by atoms with E-state index in [-0.39, 0.29) is 24.2 Å². The molecule has 0 amide bonds. The summed E-state index contributed by atoms with van der Waals surface area (Å²) in [7, 11) is 0. The third-order valence-corrected chi connectivity index (χ3v) is 23.4. The van der Waals surface area contributed by atoms with Gasteiger partial charge in [0, 0.05) is 0 Å². The van der Waals surface area contributed by atoms with Crippen LogP contribution in [0.1, 0.15) is 106 Å². The number of alkyl halides is 1. The zero-order valence-corrected chi connectivity index (χ0v) is 29.3. The first-order valence-corrected chi connectivity index (χ1v) is 24.2. The summed E-state index contributed by atoms with van der Waals surface area (Å²) < 4.78 is 30.2. The molecule has 1 unspecified atom stereocenters. The molecule has 0 N–H and O–H groups in total. The first kappa shape index (κ1) is 36.0. The van der Waals surface area contributed by atoms with Crippen LogP contribution >= 0.6 is 11.6 Å². The van der Waals surface area contributed by atoms with Crippen LogP contribution in [0.25, 0.3) is 0 Å². The van der Waals surface area contributed by atoms with Gasteiger partial charge in [0.25, 0.3) is 0 Å². The van der Waals surface area contributed by atoms with E-state index in [2.05, 4.69) is 54.5 Å². The fourth-order valence-electron chi connectivity index (χ4n) is 5.74. The Morgan fingerprint density at radius 1 is 1.00 bits per heavy atom. The van der Waals surface area contributed by atoms with Gasteiger partial charge in [0.2, 0.25) is 0 Å². The van der Waals surface area contributed by atoms with Gasteiger partial charge in [-0.05, 0) is 0 Å². The molecule has 0 spiro atoms. The molecule has 0 radical (unpaired) electrons. The molecule has 38 heavy (non-hydrogen) atoms. The van der Waals surface area contributed by atoms with Crippen LogP contribution in [-0.2, 0) is 23.7 Å². The van der Waals surface area contributed by atoms with Crippen LogP contribution in [0, 0.1) is 11.8 Å². The van der Waals surface area contributed by atoms with Gasteiger partial charge in [-0.3, -0.25) is 0 Å². The van der Waals surface area contributed by atoms with Crippen molar-refractivity contribution >= 4 is 35.9 Å². The van der Waals surface area contributed by atoms with Crippen molar-refractivity contribution in [3.05, 3.63) is 12.3 Å². The van der Waals surface area contributed by atoms with Crippen LogP contribution in [0.15, 0.2) is 12.3 Å². The van der Waals surface area contributed by atoms with Crippen LogP contribution < -0.4 is 0 Å². The van der Waals surface area contributed by atoms with Gasteiger partial charge in [-0.2, -0.15) is 0 Å². The number of allylic oxidation sites excluding steroid dienone is 1. The summed E-state index contributed by atoms with van der Waals surface area (Å²) in [4.78, 5) is 12.1. The molecule has 1 saturated heterocycles. The summed E-state index contributed by atoms with van der Waals surface area (Å²) in [5.74, 6) is -0.0569. The minimum atomic E-state index is -2.22. The van der Waals surface area contributed by atoms with Crippen LogP contribution in [0.4, 0.5) is 0 Å². The van der Waals surface area contributed by atoms with Gasteiger partial charge in [-0.1, -0.05) is 0 Å². The molecular formula is C31H59ClO5Sn. The molecule has 224 valence electrons. The van der Waals surface area contributed by atoms with Gasteiger partial charge in [-0.25, -0.2) is 0 Å². The van der Waals surface area contributed by atoms with Crippen molar-refractivity contribution < 1.29 is 23.7 Å². The number of rotatable bonds is 21. The Balaban J connectivity index is 2.91. The Bertz CT molecular complexity index is 612. The van der Waals surface area contributed by atoms with E-state index in [4.69, 9.17) is 30.5 Å². The monoisotopic (exact) mass is 666 g/mol. The Labute approximate surface area is 244 Å². The van der Waals surface area contributed by atoms with Crippen LogP contribution in [0.3, 0.4) is 0 Å². The van der Waals surface area contributed by atoms with Gasteiger partial charge < -0.3 is 0 Å². The van der Waals surface area contributed by atoms with Crippen molar-refractivity contribution in [2.75, 3.05) is 12.5 Å². The number of hydrogen-bond acceptors (Lipinski definition) is 5. The maximum atomic E-state index is 12.1. The van der Waals surface area contributed by atoms with Crippen molar-refractivity contribution in [3.63, 3.8) is 0 Å². The molecule has 1 aliphatic heterocycles. The Morgan fingerprint density at radius 3 is 2.08 bits per heavy atom. The van der Waals surface area contributed by atoms with Crippen molar-refractivity contribution in [2.24, 2.45) is 11.8 Å². The van der Waals surface area contributed by atoms with E-state index in [0.29, 0.717) is 24.9 Å². The van der Waals surface area contributed by atoms with Gasteiger partial charge >= 0.3 is 245 Å². The van der Waals surface area contributed by atoms with Crippen LogP contribution in [0.2, 0.25) is 17.7 Å². The predicted molar refractivity (Wildman–Crippen MR) is 162 cm³/mol. The maximum absolute atomic E-state index is 12.1. The molecule has 1 fully saturated rings. The number of ether oxygens (including phenoxy) is 4. The predicted octanol–water partition coefficient (Wildman–Crippen LogP) is 9.11. The fourth-order valence-corrected chi connectivity index (χ4v) is 20.8. The van der Waals surface area contributed by atoms with E-state index in [1.807, 2.05) is 6.26 Å². The van der Waals surface area contributed by atoms with E-state index in [1.165, 1.54) is 56.3 Å². The number of carbonyl (C=O) groups is 1. The Kier molecular flexibility index (Phi) is 19.8. The normalized spacial score (nSPS) is 19.6. The first-order valence-electron chi connectivity index (χ1n) is 15.5. The van der Waals surface area contributed by atoms with Gasteiger partial charge in [-0.15, -0.1) is 0 Å². The summed E-state index contributed by atoms with van der Waals surface area (Å²) in [6.45, 7) is 16.2. The first-order chi connectivity index (χ1) is 18.2. The second-order valence-corrected chi connectivity index (χ2v) is 26.3. The zero-order chi connectivity index (χ0) is 28.4. The molecule has 0 aliphatic carbocycles. The molecule has 0 aromatic carbocycles. The van der Waals surface area contributed by atoms with Crippen molar-refractivity contribution in [3.8, 4) is 0 Å². The number of unbranched alkanes of at least 4 members (excludes halogenated alkanes) is 3. The molecule has 0 saturated carbocycles. The summed E-state index contributed by atoms with van der Waals surface area (Å²) >= 11 is 3.54. The quantitative estimate of drug-likeness (QED) is 0.0403. The van der Waals surface area contributed by atoms with E-state index >= 15 is 0 Å². The number of esters is 1. The molecule has 3 atom stereocenters. The average molecular weight is 666 g/mol. The number of halogens is 1. The average Bonchev–Trinajstić information content (AvgIpc) is 2.90. The standard InChI is InChI=1S/C19H32ClO5.3C4H9.Sn/c1-6-9-22-15-8-7-10-23-16(15)11-18(24-17(21)12-20)25-19(13(2)3)14(4)5;3*1-3-4-2;/h6,9,13-16,18-19H,1,7-8,10-12H2,2-5H3;3*1,3-4H2,2H3;/b9-6-;;;;/t15-,16+,18?;;;;/m0..../s1. The minimum absolute atomic E-state index is 0.0269. The van der Waals surface area contributed by atoms with E-state index < -0.39 is 30.6 Å². The van der Waals surface area contributed by atoms with Crippen molar-refractivity contribution in [1.29, 1.82) is 0 Å². The molecule has 1 aliphatic rings. The summed E-state index contributed by atoms with van der Waals surface area (Å²) in [6.07, 6.45) is 13.7. The number of hydrogen-bond donors (Lipinski definition) is 0. The molecule has 5 nitrogen and oxygen atoms in total. The molecule has 7 heteroatoms. The molecular weight excluding hydrogens is 607 g/mol. The third-order valence-electron chi connectivity index (χ3n) is 7.88. The Morgan fingerprint density at radius 2 is 1.58 bits per heavy atom. The van der Waals surface area contributed by atoms with Crippen molar-refractivity contribution in [2.45, 2.75) is 149 Å². The summed E-state index contributed by atoms with van der Waals surface area (Å²) in [5.41, 5.74) is 0. The second kappa shape index (κ2) is 20.8. The third kappa shape index (κ3) is 14.1. The molecule has 0 aromatic heterocycles. The zero-order valence-electron chi connectivity index (χ0n) is 25.6. The van der Waals surface area contributed by atoms with Crippen molar-refractivity contribution in [1.82, 2.24) is 0 Å². The van der Waals surface area contributed by atoms with Crippen LogP contribution in [0.5, 0.6) is 0 Å². The molecule has 0 aromatic rings. The summed E-state index contributed by atoms with van der Waals surface area (Å²) in [5, 5.41) is 0. The van der Waals surface area contributed by atoms with Gasteiger partial charge in [0.15, 0.2) is 0 Å².